The average Bonchev–Trinajstić information content (AvgIpc) is 2.28. The average molecular weight is 218 g/mol. The third-order valence-electron chi connectivity index (χ3n) is 3.14. The van der Waals surface area contributed by atoms with Crippen molar-refractivity contribution < 1.29 is 4.79 Å². The van der Waals surface area contributed by atoms with Crippen molar-refractivity contribution in [2.75, 3.05) is 0 Å². The zero-order valence-electron chi connectivity index (χ0n) is 10.7. The van der Waals surface area contributed by atoms with Crippen molar-refractivity contribution in [1.29, 1.82) is 0 Å². The van der Waals surface area contributed by atoms with Gasteiger partial charge in [0, 0.05) is 12.8 Å². The Morgan fingerprint density at radius 1 is 1.12 bits per heavy atom. The van der Waals surface area contributed by atoms with Crippen molar-refractivity contribution in [2.45, 2.75) is 52.9 Å². The minimum atomic E-state index is 0.389. The molecule has 1 rings (SSSR count). The highest BCUT2D eigenvalue weighted by Gasteiger charge is 1.99. The lowest BCUT2D eigenvalue weighted by Gasteiger charge is -2.05. The summed E-state index contributed by atoms with van der Waals surface area (Å²) in [7, 11) is 0. The summed E-state index contributed by atoms with van der Waals surface area (Å²) in [5.74, 6) is 0.389. The fraction of sp³-hybridized carbons (Fsp3) is 0.533. The van der Waals surface area contributed by atoms with Gasteiger partial charge in [-0.2, -0.15) is 0 Å². The van der Waals surface area contributed by atoms with Crippen molar-refractivity contribution in [3.63, 3.8) is 0 Å². The molecule has 0 aromatic heterocycles. The first-order valence-corrected chi connectivity index (χ1v) is 6.21. The van der Waals surface area contributed by atoms with Gasteiger partial charge in [0.25, 0.3) is 0 Å². The molecular weight excluding hydrogens is 196 g/mol. The predicted octanol–water partition coefficient (Wildman–Crippen LogP) is 4.00. The molecule has 16 heavy (non-hydrogen) atoms. The normalized spacial score (nSPS) is 10.4. The Morgan fingerprint density at radius 3 is 2.50 bits per heavy atom. The van der Waals surface area contributed by atoms with E-state index in [0.29, 0.717) is 12.2 Å². The Kier molecular flexibility index (Phi) is 5.24. The lowest BCUT2D eigenvalue weighted by molar-refractivity contribution is -0.118. The van der Waals surface area contributed by atoms with Gasteiger partial charge in [-0.3, -0.25) is 4.79 Å². The second-order valence-electron chi connectivity index (χ2n) is 4.52. The molecule has 1 heteroatoms. The Hall–Kier alpha value is -1.11. The molecule has 1 aromatic carbocycles. The van der Waals surface area contributed by atoms with E-state index in [-0.39, 0.29) is 0 Å². The van der Waals surface area contributed by atoms with Crippen molar-refractivity contribution in [3.8, 4) is 0 Å². The van der Waals surface area contributed by atoms with Gasteiger partial charge in [0.05, 0.1) is 0 Å². The topological polar surface area (TPSA) is 17.1 Å². The molecule has 0 radical (unpaired) electrons. The first-order valence-electron chi connectivity index (χ1n) is 6.21. The third-order valence-corrected chi connectivity index (χ3v) is 3.14. The smallest absolute Gasteiger partial charge is 0.132 e. The third kappa shape index (κ3) is 4.18. The number of benzene rings is 1. The summed E-state index contributed by atoms with van der Waals surface area (Å²) >= 11 is 0. The van der Waals surface area contributed by atoms with E-state index in [9.17, 15) is 4.79 Å². The summed E-state index contributed by atoms with van der Waals surface area (Å²) in [4.78, 5) is 11.1. The number of ketones is 1. The van der Waals surface area contributed by atoms with Crippen molar-refractivity contribution >= 4 is 5.78 Å². The van der Waals surface area contributed by atoms with Crippen LogP contribution in [0.15, 0.2) is 18.2 Å². The van der Waals surface area contributed by atoms with Crippen LogP contribution in [0.5, 0.6) is 0 Å². The fourth-order valence-corrected chi connectivity index (χ4v) is 1.79. The Bertz CT molecular complexity index is 352. The molecule has 0 atom stereocenters. The number of Topliss-reactive ketones (excluding diaryl/α,β-unsaturated/α-hetero) is 1. The van der Waals surface area contributed by atoms with Gasteiger partial charge in [-0.05, 0) is 49.8 Å². The number of rotatable bonds is 6. The summed E-state index contributed by atoms with van der Waals surface area (Å²) in [5.41, 5.74) is 4.11. The van der Waals surface area contributed by atoms with Gasteiger partial charge < -0.3 is 0 Å². The highest BCUT2D eigenvalue weighted by Crippen LogP contribution is 2.12. The van der Waals surface area contributed by atoms with Crippen LogP contribution in [0.25, 0.3) is 0 Å². The van der Waals surface area contributed by atoms with Crippen LogP contribution in [0.1, 0.15) is 49.3 Å². The molecule has 0 aliphatic carbocycles. The van der Waals surface area contributed by atoms with Crippen LogP contribution in [0.2, 0.25) is 0 Å². The maximum Gasteiger partial charge on any atom is 0.132 e. The Balaban J connectivity index is 2.32. The first-order chi connectivity index (χ1) is 7.63. The number of aryl methyl sites for hydroxylation is 3. The molecule has 0 spiro atoms. The maximum atomic E-state index is 11.1. The summed E-state index contributed by atoms with van der Waals surface area (Å²) in [6.45, 7) is 6.23. The summed E-state index contributed by atoms with van der Waals surface area (Å²) < 4.78 is 0. The molecule has 1 aromatic rings. The molecule has 0 aliphatic rings. The number of hydrogen-bond acceptors (Lipinski definition) is 1. The second-order valence-corrected chi connectivity index (χ2v) is 4.52. The van der Waals surface area contributed by atoms with Crippen molar-refractivity contribution in [2.24, 2.45) is 0 Å². The standard InChI is InChI=1S/C15H22O/c1-4-15(16)8-6-5-7-14-10-9-12(2)13(3)11-14/h9-11H,4-8H2,1-3H3. The van der Waals surface area contributed by atoms with Crippen LogP contribution in [0.4, 0.5) is 0 Å². The van der Waals surface area contributed by atoms with Gasteiger partial charge in [-0.1, -0.05) is 25.1 Å². The molecule has 0 amide bonds. The Morgan fingerprint density at radius 2 is 1.88 bits per heavy atom. The molecule has 1 nitrogen and oxygen atoms in total. The van der Waals surface area contributed by atoms with Crippen LogP contribution in [-0.2, 0) is 11.2 Å². The van der Waals surface area contributed by atoms with Crippen LogP contribution >= 0.6 is 0 Å². The second kappa shape index (κ2) is 6.47. The van der Waals surface area contributed by atoms with Gasteiger partial charge in [0.15, 0.2) is 0 Å². The number of unbranched alkanes of at least 4 members (excludes halogenated alkanes) is 1. The van der Waals surface area contributed by atoms with E-state index in [2.05, 4.69) is 32.0 Å². The van der Waals surface area contributed by atoms with Crippen LogP contribution in [-0.4, -0.2) is 5.78 Å². The van der Waals surface area contributed by atoms with Gasteiger partial charge >= 0.3 is 0 Å². The van der Waals surface area contributed by atoms with Crippen LogP contribution in [0.3, 0.4) is 0 Å². The van der Waals surface area contributed by atoms with E-state index in [0.717, 1.165) is 25.7 Å². The zero-order valence-corrected chi connectivity index (χ0v) is 10.7. The van der Waals surface area contributed by atoms with E-state index >= 15 is 0 Å². The van der Waals surface area contributed by atoms with Gasteiger partial charge in [0.2, 0.25) is 0 Å². The van der Waals surface area contributed by atoms with E-state index in [4.69, 9.17) is 0 Å². The lowest BCUT2D eigenvalue weighted by atomic mass is 10.0. The number of carbonyl (C=O) groups excluding carboxylic acids is 1. The first kappa shape index (κ1) is 13.0. The summed E-state index contributed by atoms with van der Waals surface area (Å²) in [6.07, 6.45) is 4.68. The molecule has 0 saturated heterocycles. The molecule has 0 N–H and O–H groups in total. The molecule has 0 saturated carbocycles. The molecule has 0 bridgehead atoms. The SMILES string of the molecule is CCC(=O)CCCCc1ccc(C)c(C)c1. The monoisotopic (exact) mass is 218 g/mol. The van der Waals surface area contributed by atoms with Crippen LogP contribution in [0, 0.1) is 13.8 Å². The Labute approximate surface area is 98.9 Å². The lowest BCUT2D eigenvalue weighted by Crippen LogP contribution is -1.95. The van der Waals surface area contributed by atoms with Gasteiger partial charge in [0.1, 0.15) is 5.78 Å². The summed E-state index contributed by atoms with van der Waals surface area (Å²) in [5, 5.41) is 0. The molecule has 0 fully saturated rings. The van der Waals surface area contributed by atoms with E-state index < -0.39 is 0 Å². The van der Waals surface area contributed by atoms with E-state index in [1.807, 2.05) is 6.92 Å². The van der Waals surface area contributed by atoms with Crippen molar-refractivity contribution in [1.82, 2.24) is 0 Å². The number of carbonyl (C=O) groups is 1. The van der Waals surface area contributed by atoms with E-state index in [1.165, 1.54) is 16.7 Å². The molecule has 0 aliphatic heterocycles. The maximum absolute atomic E-state index is 11.1. The highest BCUT2D eigenvalue weighted by atomic mass is 16.1. The largest absolute Gasteiger partial charge is 0.300 e. The fourth-order valence-electron chi connectivity index (χ4n) is 1.79. The van der Waals surface area contributed by atoms with E-state index in [1.54, 1.807) is 0 Å². The molecule has 0 heterocycles. The number of hydrogen-bond donors (Lipinski definition) is 0. The molecule has 88 valence electrons. The summed E-state index contributed by atoms with van der Waals surface area (Å²) in [6, 6.07) is 6.64. The van der Waals surface area contributed by atoms with Crippen LogP contribution < -0.4 is 0 Å². The van der Waals surface area contributed by atoms with Gasteiger partial charge in [-0.15, -0.1) is 0 Å². The molecule has 0 unspecified atom stereocenters. The van der Waals surface area contributed by atoms with Crippen molar-refractivity contribution in [3.05, 3.63) is 34.9 Å². The zero-order chi connectivity index (χ0) is 12.0. The highest BCUT2D eigenvalue weighted by molar-refractivity contribution is 5.77. The quantitative estimate of drug-likeness (QED) is 0.660. The van der Waals surface area contributed by atoms with Gasteiger partial charge in [-0.25, -0.2) is 0 Å². The predicted molar refractivity (Wildman–Crippen MR) is 68.8 cm³/mol. The minimum Gasteiger partial charge on any atom is -0.300 e. The molecular formula is C15H22O. The minimum absolute atomic E-state index is 0.389.